The van der Waals surface area contributed by atoms with Gasteiger partial charge in [0, 0.05) is 18.0 Å². The first-order chi connectivity index (χ1) is 8.31. The number of aromatic nitrogens is 2. The first-order valence-corrected chi connectivity index (χ1v) is 6.74. The third kappa shape index (κ3) is 3.25. The van der Waals surface area contributed by atoms with Gasteiger partial charge in [0.25, 0.3) is 0 Å². The second-order valence-electron chi connectivity index (χ2n) is 5.19. The molecule has 1 unspecified atom stereocenters. The third-order valence-corrected chi connectivity index (χ3v) is 3.96. The molecule has 1 N–H and O–H groups in total. The molecule has 17 heavy (non-hydrogen) atoms. The van der Waals surface area contributed by atoms with E-state index in [0.29, 0.717) is 5.92 Å². The predicted molar refractivity (Wildman–Crippen MR) is 67.3 cm³/mol. The molecule has 1 aliphatic carbocycles. The molecular weight excluding hydrogens is 212 g/mol. The van der Waals surface area contributed by atoms with Gasteiger partial charge in [-0.05, 0) is 24.7 Å². The molecule has 1 fully saturated rings. The van der Waals surface area contributed by atoms with Crippen LogP contribution in [-0.4, -0.2) is 15.1 Å². The molecule has 1 atom stereocenters. The predicted octanol–water partition coefficient (Wildman–Crippen LogP) is 3.12. The average Bonchev–Trinajstić information content (AvgIpc) is 2.40. The summed E-state index contributed by atoms with van der Waals surface area (Å²) in [5.41, 5.74) is 0.867. The monoisotopic (exact) mass is 234 g/mol. The minimum atomic E-state index is -0.376. The number of hydrogen-bond acceptors (Lipinski definition) is 3. The van der Waals surface area contributed by atoms with Gasteiger partial charge in [-0.25, -0.2) is 9.97 Å². The Hall–Kier alpha value is -0.960. The second kappa shape index (κ2) is 6.10. The van der Waals surface area contributed by atoms with Gasteiger partial charge in [-0.3, -0.25) is 0 Å². The van der Waals surface area contributed by atoms with Gasteiger partial charge < -0.3 is 5.11 Å². The largest absolute Gasteiger partial charge is 0.388 e. The van der Waals surface area contributed by atoms with Crippen molar-refractivity contribution in [2.75, 3.05) is 0 Å². The lowest BCUT2D eigenvalue weighted by Gasteiger charge is -2.31. The fourth-order valence-electron chi connectivity index (χ4n) is 2.94. The molecule has 1 aliphatic rings. The van der Waals surface area contributed by atoms with E-state index in [-0.39, 0.29) is 6.10 Å². The van der Waals surface area contributed by atoms with E-state index in [2.05, 4.69) is 16.9 Å². The lowest BCUT2D eigenvalue weighted by molar-refractivity contribution is 0.0717. The molecule has 0 spiro atoms. The van der Waals surface area contributed by atoms with Crippen LogP contribution in [-0.2, 0) is 0 Å². The highest BCUT2D eigenvalue weighted by atomic mass is 16.3. The van der Waals surface area contributed by atoms with Crippen molar-refractivity contribution in [3.63, 3.8) is 0 Å². The number of rotatable bonds is 4. The molecule has 0 aliphatic heterocycles. The van der Waals surface area contributed by atoms with Crippen molar-refractivity contribution in [3.05, 3.63) is 24.3 Å². The molecule has 1 aromatic rings. The van der Waals surface area contributed by atoms with E-state index in [1.165, 1.54) is 32.0 Å². The van der Waals surface area contributed by atoms with Crippen LogP contribution in [0.25, 0.3) is 0 Å². The Morgan fingerprint density at radius 1 is 1.24 bits per heavy atom. The average molecular weight is 234 g/mol. The van der Waals surface area contributed by atoms with E-state index in [9.17, 15) is 5.11 Å². The number of hydrogen-bond donors (Lipinski definition) is 1. The van der Waals surface area contributed by atoms with Gasteiger partial charge in [-0.1, -0.05) is 32.6 Å². The molecule has 0 saturated heterocycles. The summed E-state index contributed by atoms with van der Waals surface area (Å²) in [7, 11) is 0. The van der Waals surface area contributed by atoms with Gasteiger partial charge >= 0.3 is 0 Å². The molecule has 0 amide bonds. The molecule has 3 nitrogen and oxygen atoms in total. The van der Waals surface area contributed by atoms with E-state index in [1.54, 1.807) is 12.4 Å². The topological polar surface area (TPSA) is 46.0 Å². The van der Waals surface area contributed by atoms with Crippen LogP contribution in [0.1, 0.15) is 57.1 Å². The summed E-state index contributed by atoms with van der Waals surface area (Å²) in [5, 5.41) is 10.3. The Bertz CT molecular complexity index is 320. The zero-order valence-corrected chi connectivity index (χ0v) is 10.5. The Kier molecular flexibility index (Phi) is 4.49. The summed E-state index contributed by atoms with van der Waals surface area (Å²) in [6.45, 7) is 2.25. The zero-order chi connectivity index (χ0) is 12.1. The molecule has 1 saturated carbocycles. The molecule has 1 heterocycles. The van der Waals surface area contributed by atoms with Crippen LogP contribution in [0.3, 0.4) is 0 Å². The van der Waals surface area contributed by atoms with Gasteiger partial charge in [0.2, 0.25) is 0 Å². The Morgan fingerprint density at radius 3 is 2.47 bits per heavy atom. The van der Waals surface area contributed by atoms with Crippen molar-refractivity contribution in [1.29, 1.82) is 0 Å². The van der Waals surface area contributed by atoms with Gasteiger partial charge in [-0.2, -0.15) is 0 Å². The molecule has 3 heteroatoms. The Morgan fingerprint density at radius 2 is 1.88 bits per heavy atom. The maximum atomic E-state index is 10.3. The van der Waals surface area contributed by atoms with Crippen molar-refractivity contribution in [2.45, 2.75) is 51.6 Å². The van der Waals surface area contributed by atoms with E-state index >= 15 is 0 Å². The second-order valence-corrected chi connectivity index (χ2v) is 5.19. The van der Waals surface area contributed by atoms with Crippen molar-refractivity contribution in [3.8, 4) is 0 Å². The highest BCUT2D eigenvalue weighted by Crippen LogP contribution is 2.37. The highest BCUT2D eigenvalue weighted by molar-refractivity contribution is 5.08. The van der Waals surface area contributed by atoms with E-state index in [0.717, 1.165) is 24.3 Å². The molecule has 1 aromatic heterocycles. The van der Waals surface area contributed by atoms with Gasteiger partial charge in [-0.15, -0.1) is 0 Å². The SMILES string of the molecule is CCCC1CCC(C(O)c2cncnc2)CC1. The lowest BCUT2D eigenvalue weighted by atomic mass is 9.77. The zero-order valence-electron chi connectivity index (χ0n) is 10.5. The lowest BCUT2D eigenvalue weighted by Crippen LogP contribution is -2.20. The quantitative estimate of drug-likeness (QED) is 0.870. The molecule has 0 bridgehead atoms. The maximum absolute atomic E-state index is 10.3. The Balaban J connectivity index is 1.88. The van der Waals surface area contributed by atoms with Crippen LogP contribution in [0.15, 0.2) is 18.7 Å². The van der Waals surface area contributed by atoms with Crippen molar-refractivity contribution in [2.24, 2.45) is 11.8 Å². The smallest absolute Gasteiger partial charge is 0.115 e. The van der Waals surface area contributed by atoms with Crippen molar-refractivity contribution < 1.29 is 5.11 Å². The summed E-state index contributed by atoms with van der Waals surface area (Å²) in [5.74, 6) is 1.28. The summed E-state index contributed by atoms with van der Waals surface area (Å²) < 4.78 is 0. The summed E-state index contributed by atoms with van der Waals surface area (Å²) in [6.07, 6.45) is 12.0. The van der Waals surface area contributed by atoms with Crippen LogP contribution in [0.4, 0.5) is 0 Å². The van der Waals surface area contributed by atoms with Crippen LogP contribution in [0.2, 0.25) is 0 Å². The first-order valence-electron chi connectivity index (χ1n) is 6.74. The van der Waals surface area contributed by atoms with Crippen LogP contribution < -0.4 is 0 Å². The molecule has 0 aromatic carbocycles. The molecule has 2 rings (SSSR count). The number of aliphatic hydroxyl groups excluding tert-OH is 1. The minimum absolute atomic E-state index is 0.376. The third-order valence-electron chi connectivity index (χ3n) is 3.96. The van der Waals surface area contributed by atoms with E-state index in [4.69, 9.17) is 0 Å². The van der Waals surface area contributed by atoms with Crippen LogP contribution in [0.5, 0.6) is 0 Å². The summed E-state index contributed by atoms with van der Waals surface area (Å²) in [6, 6.07) is 0. The summed E-state index contributed by atoms with van der Waals surface area (Å²) >= 11 is 0. The molecule has 0 radical (unpaired) electrons. The number of nitrogens with zero attached hydrogens (tertiary/aromatic N) is 2. The Labute approximate surface area is 103 Å². The fraction of sp³-hybridized carbons (Fsp3) is 0.714. The van der Waals surface area contributed by atoms with E-state index < -0.39 is 0 Å². The molecule has 94 valence electrons. The normalized spacial score (nSPS) is 26.7. The van der Waals surface area contributed by atoms with Crippen LogP contribution >= 0.6 is 0 Å². The van der Waals surface area contributed by atoms with E-state index in [1.807, 2.05) is 0 Å². The van der Waals surface area contributed by atoms with Crippen LogP contribution in [0, 0.1) is 11.8 Å². The minimum Gasteiger partial charge on any atom is -0.388 e. The molecular formula is C14H22N2O. The van der Waals surface area contributed by atoms with Gasteiger partial charge in [0.1, 0.15) is 6.33 Å². The maximum Gasteiger partial charge on any atom is 0.115 e. The summed E-state index contributed by atoms with van der Waals surface area (Å²) in [4.78, 5) is 7.95. The van der Waals surface area contributed by atoms with Gasteiger partial charge in [0.05, 0.1) is 6.10 Å². The first kappa shape index (κ1) is 12.5. The number of aliphatic hydroxyl groups is 1. The van der Waals surface area contributed by atoms with Gasteiger partial charge in [0.15, 0.2) is 0 Å². The highest BCUT2D eigenvalue weighted by Gasteiger charge is 2.27. The van der Waals surface area contributed by atoms with Crippen molar-refractivity contribution in [1.82, 2.24) is 9.97 Å². The fourth-order valence-corrected chi connectivity index (χ4v) is 2.94. The van der Waals surface area contributed by atoms with Crippen molar-refractivity contribution >= 4 is 0 Å². The standard InChI is InChI=1S/C14H22N2O/c1-2-3-11-4-6-12(7-5-11)14(17)13-8-15-10-16-9-13/h8-12,14,17H,2-7H2,1H3.